The standard InChI is InChI=1S/C23H33NO6/c1-7-13-27-21(26)28-16-20(18-11-9-8-10-12-18)30-24-22(3,4)14-19(29-17(2)25)15-23(24,5)6/h7-12,19-20H,1,13-16H2,2-6H3. The first-order valence-electron chi connectivity index (χ1n) is 10.1. The maximum absolute atomic E-state index is 11.8. The Balaban J connectivity index is 2.19. The van der Waals surface area contributed by atoms with E-state index in [2.05, 4.69) is 6.58 Å². The van der Waals surface area contributed by atoms with Gasteiger partial charge in [-0.15, -0.1) is 0 Å². The second kappa shape index (κ2) is 10.1. The highest BCUT2D eigenvalue weighted by Crippen LogP contribution is 2.41. The predicted octanol–water partition coefficient (Wildman–Crippen LogP) is 4.58. The molecule has 0 amide bonds. The number of esters is 1. The highest BCUT2D eigenvalue weighted by molar-refractivity contribution is 5.66. The Morgan fingerprint density at radius 1 is 1.13 bits per heavy atom. The molecule has 0 aliphatic carbocycles. The third-order valence-electron chi connectivity index (χ3n) is 4.96. The SMILES string of the molecule is C=CCOC(=O)OCC(ON1C(C)(C)CC(OC(C)=O)CC1(C)C)c1ccccc1. The fourth-order valence-corrected chi connectivity index (χ4v) is 4.07. The van der Waals surface area contributed by atoms with E-state index in [0.717, 1.165) is 5.56 Å². The van der Waals surface area contributed by atoms with Crippen LogP contribution in [0.2, 0.25) is 0 Å². The number of carbonyl (C=O) groups excluding carboxylic acids is 2. The molecule has 1 atom stereocenters. The minimum absolute atomic E-state index is 0.00394. The van der Waals surface area contributed by atoms with Crippen LogP contribution in [0.3, 0.4) is 0 Å². The number of hydrogen-bond acceptors (Lipinski definition) is 7. The molecule has 0 radical (unpaired) electrons. The van der Waals surface area contributed by atoms with E-state index in [4.69, 9.17) is 19.0 Å². The lowest BCUT2D eigenvalue weighted by atomic mass is 9.80. The van der Waals surface area contributed by atoms with E-state index in [1.807, 2.05) is 63.1 Å². The molecule has 1 aromatic rings. The van der Waals surface area contributed by atoms with Gasteiger partial charge in [0.1, 0.15) is 25.4 Å². The molecular formula is C23H33NO6. The number of benzene rings is 1. The number of rotatable bonds is 8. The zero-order chi connectivity index (χ0) is 22.4. The molecule has 1 unspecified atom stereocenters. The van der Waals surface area contributed by atoms with Crippen molar-refractivity contribution in [3.05, 3.63) is 48.6 Å². The van der Waals surface area contributed by atoms with E-state index in [1.165, 1.54) is 13.0 Å². The lowest BCUT2D eigenvalue weighted by molar-refractivity contribution is -0.320. The highest BCUT2D eigenvalue weighted by Gasteiger charge is 2.48. The number of carbonyl (C=O) groups is 2. The molecule has 166 valence electrons. The zero-order valence-corrected chi connectivity index (χ0v) is 18.6. The Morgan fingerprint density at radius 2 is 1.73 bits per heavy atom. The summed E-state index contributed by atoms with van der Waals surface area (Å²) in [6, 6.07) is 9.58. The topological polar surface area (TPSA) is 74.3 Å². The summed E-state index contributed by atoms with van der Waals surface area (Å²) in [4.78, 5) is 29.7. The van der Waals surface area contributed by atoms with Gasteiger partial charge in [0.2, 0.25) is 0 Å². The Morgan fingerprint density at radius 3 is 2.27 bits per heavy atom. The quantitative estimate of drug-likeness (QED) is 0.451. The zero-order valence-electron chi connectivity index (χ0n) is 18.6. The molecule has 30 heavy (non-hydrogen) atoms. The minimum Gasteiger partial charge on any atom is -0.462 e. The number of ether oxygens (including phenoxy) is 3. The van der Waals surface area contributed by atoms with Crippen molar-refractivity contribution in [1.29, 1.82) is 0 Å². The Kier molecular flexibility index (Phi) is 8.03. The molecule has 1 saturated heterocycles. The highest BCUT2D eigenvalue weighted by atomic mass is 16.7. The largest absolute Gasteiger partial charge is 0.508 e. The van der Waals surface area contributed by atoms with Crippen LogP contribution < -0.4 is 0 Å². The molecule has 1 aliphatic rings. The van der Waals surface area contributed by atoms with E-state index in [9.17, 15) is 9.59 Å². The van der Waals surface area contributed by atoms with Gasteiger partial charge in [-0.25, -0.2) is 4.79 Å². The maximum Gasteiger partial charge on any atom is 0.508 e. The molecule has 7 nitrogen and oxygen atoms in total. The molecule has 0 bridgehead atoms. The van der Waals surface area contributed by atoms with Gasteiger partial charge in [-0.2, -0.15) is 5.06 Å². The van der Waals surface area contributed by atoms with Crippen LogP contribution in [-0.4, -0.2) is 47.6 Å². The summed E-state index contributed by atoms with van der Waals surface area (Å²) in [6.45, 7) is 13.2. The van der Waals surface area contributed by atoms with Crippen LogP contribution in [0, 0.1) is 0 Å². The van der Waals surface area contributed by atoms with E-state index in [-0.39, 0.29) is 25.3 Å². The van der Waals surface area contributed by atoms with Crippen molar-refractivity contribution >= 4 is 12.1 Å². The summed E-state index contributed by atoms with van der Waals surface area (Å²) in [5, 5.41) is 1.94. The van der Waals surface area contributed by atoms with Gasteiger partial charge in [0.25, 0.3) is 0 Å². The number of piperidine rings is 1. The first-order valence-corrected chi connectivity index (χ1v) is 10.1. The van der Waals surface area contributed by atoms with Gasteiger partial charge in [0.15, 0.2) is 0 Å². The second-order valence-electron chi connectivity index (χ2n) is 8.72. The lowest BCUT2D eigenvalue weighted by Gasteiger charge is -2.54. The average Bonchev–Trinajstić information content (AvgIpc) is 2.64. The molecule has 1 heterocycles. The summed E-state index contributed by atoms with van der Waals surface area (Å²) in [7, 11) is 0. The number of hydrogen-bond donors (Lipinski definition) is 0. The van der Waals surface area contributed by atoms with Crippen LogP contribution in [0.25, 0.3) is 0 Å². The van der Waals surface area contributed by atoms with Crippen molar-refractivity contribution in [1.82, 2.24) is 5.06 Å². The average molecular weight is 420 g/mol. The predicted molar refractivity (Wildman–Crippen MR) is 113 cm³/mol. The van der Waals surface area contributed by atoms with Crippen LogP contribution in [-0.2, 0) is 23.8 Å². The molecule has 1 aliphatic heterocycles. The van der Waals surface area contributed by atoms with Gasteiger partial charge in [0.05, 0.1) is 0 Å². The molecule has 7 heteroatoms. The molecule has 0 aromatic heterocycles. The van der Waals surface area contributed by atoms with E-state index >= 15 is 0 Å². The minimum atomic E-state index is -0.772. The molecule has 2 rings (SSSR count). The first kappa shape index (κ1) is 23.9. The molecule has 0 saturated carbocycles. The molecular weight excluding hydrogens is 386 g/mol. The van der Waals surface area contributed by atoms with E-state index < -0.39 is 23.3 Å². The molecule has 1 aromatic carbocycles. The summed E-state index contributed by atoms with van der Waals surface area (Å²) in [6.07, 6.45) is 1.25. The van der Waals surface area contributed by atoms with Gasteiger partial charge in [-0.1, -0.05) is 43.0 Å². The summed E-state index contributed by atoms with van der Waals surface area (Å²) < 4.78 is 15.7. The van der Waals surface area contributed by atoms with Crippen LogP contribution in [0.1, 0.15) is 59.1 Å². The van der Waals surface area contributed by atoms with E-state index in [0.29, 0.717) is 12.8 Å². The van der Waals surface area contributed by atoms with Crippen molar-refractivity contribution in [2.24, 2.45) is 0 Å². The van der Waals surface area contributed by atoms with Gasteiger partial charge in [-0.3, -0.25) is 9.63 Å². The molecule has 1 fully saturated rings. The number of nitrogens with zero attached hydrogens (tertiary/aromatic N) is 1. The molecule has 0 spiro atoms. The van der Waals surface area contributed by atoms with Gasteiger partial charge in [-0.05, 0) is 33.3 Å². The lowest BCUT2D eigenvalue weighted by Crippen LogP contribution is -2.62. The van der Waals surface area contributed by atoms with Crippen molar-refractivity contribution in [2.75, 3.05) is 13.2 Å². The Bertz CT molecular complexity index is 712. The Hall–Kier alpha value is -2.38. The second-order valence-corrected chi connectivity index (χ2v) is 8.72. The van der Waals surface area contributed by atoms with E-state index in [1.54, 1.807) is 0 Å². The third kappa shape index (κ3) is 6.57. The van der Waals surface area contributed by atoms with Crippen molar-refractivity contribution in [2.45, 2.75) is 70.7 Å². The molecule has 0 N–H and O–H groups in total. The van der Waals surface area contributed by atoms with Crippen LogP contribution in [0.15, 0.2) is 43.0 Å². The summed E-state index contributed by atoms with van der Waals surface area (Å²) in [5.41, 5.74) is 0.0407. The third-order valence-corrected chi connectivity index (χ3v) is 4.96. The summed E-state index contributed by atoms with van der Waals surface area (Å²) in [5.74, 6) is -0.283. The number of hydroxylamine groups is 2. The fourth-order valence-electron chi connectivity index (χ4n) is 4.07. The monoisotopic (exact) mass is 419 g/mol. The normalized spacial score (nSPS) is 19.5. The van der Waals surface area contributed by atoms with Gasteiger partial charge < -0.3 is 14.2 Å². The van der Waals surface area contributed by atoms with Crippen molar-refractivity contribution in [3.63, 3.8) is 0 Å². The van der Waals surface area contributed by atoms with Crippen LogP contribution in [0.4, 0.5) is 4.79 Å². The van der Waals surface area contributed by atoms with Crippen molar-refractivity contribution in [3.8, 4) is 0 Å². The van der Waals surface area contributed by atoms with Crippen molar-refractivity contribution < 1.29 is 28.6 Å². The first-order chi connectivity index (χ1) is 14.0. The smallest absolute Gasteiger partial charge is 0.462 e. The van der Waals surface area contributed by atoms with Crippen LogP contribution in [0.5, 0.6) is 0 Å². The Labute approximate surface area is 178 Å². The van der Waals surface area contributed by atoms with Gasteiger partial charge >= 0.3 is 12.1 Å². The fraction of sp³-hybridized carbons (Fsp3) is 0.565. The van der Waals surface area contributed by atoms with Gasteiger partial charge in [0, 0.05) is 30.8 Å². The maximum atomic E-state index is 11.8. The summed E-state index contributed by atoms with van der Waals surface area (Å²) >= 11 is 0. The van der Waals surface area contributed by atoms with Crippen LogP contribution >= 0.6 is 0 Å².